The molecule has 1 aromatic carbocycles. The fraction of sp³-hybridized carbons (Fsp3) is 0.500. The predicted molar refractivity (Wildman–Crippen MR) is 105 cm³/mol. The number of carbonyl (C=O) groups is 2. The first-order valence-electron chi connectivity index (χ1n) is 8.51. The summed E-state index contributed by atoms with van der Waals surface area (Å²) in [7, 11) is 0. The molecule has 2 N–H and O–H groups in total. The minimum Gasteiger partial charge on any atom is -0.478 e. The topological polar surface area (TPSA) is 75.6 Å². The van der Waals surface area contributed by atoms with Crippen LogP contribution in [0.25, 0.3) is 0 Å². The zero-order valence-electron chi connectivity index (χ0n) is 16.3. The van der Waals surface area contributed by atoms with Gasteiger partial charge in [0.25, 0.3) is 0 Å². The first-order chi connectivity index (χ1) is 11.9. The number of carbonyl (C=O) groups excluding carboxylic acids is 1. The normalized spacial score (nSPS) is 13.8. The molecular formula is C20H29NO4S. The van der Waals surface area contributed by atoms with Crippen LogP contribution >= 0.6 is 11.8 Å². The number of alkyl carbamates (subject to hydrolysis) is 1. The molecule has 144 valence electrons. The van der Waals surface area contributed by atoms with E-state index in [1.54, 1.807) is 38.6 Å². The minimum atomic E-state index is -0.988. The van der Waals surface area contributed by atoms with Crippen LogP contribution in [0.2, 0.25) is 0 Å². The smallest absolute Gasteiger partial charge is 0.408 e. The van der Waals surface area contributed by atoms with Crippen LogP contribution < -0.4 is 5.32 Å². The third kappa shape index (κ3) is 8.43. The highest BCUT2D eigenvalue weighted by Crippen LogP contribution is 2.27. The molecule has 26 heavy (non-hydrogen) atoms. The molecule has 0 aromatic heterocycles. The Labute approximate surface area is 160 Å². The lowest BCUT2D eigenvalue weighted by Crippen LogP contribution is -2.40. The Hall–Kier alpha value is -1.95. The molecule has 0 aliphatic rings. The van der Waals surface area contributed by atoms with Crippen molar-refractivity contribution in [2.75, 3.05) is 5.75 Å². The summed E-state index contributed by atoms with van der Waals surface area (Å²) >= 11 is 1.55. The van der Waals surface area contributed by atoms with Crippen molar-refractivity contribution in [3.05, 3.63) is 42.0 Å². The van der Waals surface area contributed by atoms with Gasteiger partial charge in [-0.05, 0) is 38.3 Å². The maximum absolute atomic E-state index is 12.2. The van der Waals surface area contributed by atoms with E-state index in [9.17, 15) is 14.7 Å². The van der Waals surface area contributed by atoms with Crippen LogP contribution in [-0.4, -0.2) is 34.6 Å². The first-order valence-corrected chi connectivity index (χ1v) is 9.50. The van der Waals surface area contributed by atoms with Gasteiger partial charge in [0, 0.05) is 16.2 Å². The quantitative estimate of drug-likeness (QED) is 0.552. The monoisotopic (exact) mass is 379 g/mol. The van der Waals surface area contributed by atoms with Crippen molar-refractivity contribution in [3.63, 3.8) is 0 Å². The average Bonchev–Trinajstić information content (AvgIpc) is 2.47. The minimum absolute atomic E-state index is 0.257. The average molecular weight is 380 g/mol. The van der Waals surface area contributed by atoms with Crippen LogP contribution in [0.15, 0.2) is 46.9 Å². The fourth-order valence-corrected chi connectivity index (χ4v) is 3.04. The van der Waals surface area contributed by atoms with E-state index in [1.807, 2.05) is 51.1 Å². The zero-order chi connectivity index (χ0) is 20.0. The van der Waals surface area contributed by atoms with Gasteiger partial charge >= 0.3 is 12.1 Å². The lowest BCUT2D eigenvalue weighted by Gasteiger charge is -2.25. The summed E-state index contributed by atoms with van der Waals surface area (Å²) in [4.78, 5) is 24.9. The van der Waals surface area contributed by atoms with Crippen LogP contribution in [-0.2, 0) is 9.53 Å². The standard InChI is InChI=1S/C20H29NO4S/c1-19(2,3)16(17(22)23)12-14(21-18(24)25-20(4,5)6)13-26-15-10-8-7-9-11-15/h7-12,14H,13H2,1-6H3,(H,21,24)(H,22,23)/t14-/m1/s1. The number of carboxylic acids is 1. The van der Waals surface area contributed by atoms with E-state index >= 15 is 0 Å². The molecule has 0 fully saturated rings. The second-order valence-corrected chi connectivity index (χ2v) is 9.11. The molecule has 0 saturated carbocycles. The third-order valence-electron chi connectivity index (χ3n) is 3.28. The summed E-state index contributed by atoms with van der Waals surface area (Å²) in [5.74, 6) is -0.492. The molecule has 5 nitrogen and oxygen atoms in total. The van der Waals surface area contributed by atoms with Gasteiger partial charge in [0.1, 0.15) is 5.60 Å². The summed E-state index contributed by atoms with van der Waals surface area (Å²) in [6.07, 6.45) is 1.05. The Bertz CT molecular complexity index is 642. The number of thioether (sulfide) groups is 1. The highest BCUT2D eigenvalue weighted by Gasteiger charge is 2.26. The molecule has 0 heterocycles. The zero-order valence-corrected chi connectivity index (χ0v) is 17.1. The molecule has 0 spiro atoms. The van der Waals surface area contributed by atoms with E-state index in [1.165, 1.54) is 0 Å². The van der Waals surface area contributed by atoms with Crippen molar-refractivity contribution in [1.82, 2.24) is 5.32 Å². The maximum Gasteiger partial charge on any atom is 0.408 e. The number of hydrogen-bond acceptors (Lipinski definition) is 4. The van der Waals surface area contributed by atoms with Crippen LogP contribution in [0.1, 0.15) is 41.5 Å². The van der Waals surface area contributed by atoms with Crippen molar-refractivity contribution in [2.45, 2.75) is 58.1 Å². The highest BCUT2D eigenvalue weighted by atomic mass is 32.2. The largest absolute Gasteiger partial charge is 0.478 e. The molecule has 1 atom stereocenters. The fourth-order valence-electron chi connectivity index (χ4n) is 2.14. The number of amides is 1. The SMILES string of the molecule is CC(C)(C)OC(=O)N[C@H](C=C(C(=O)O)C(C)(C)C)CSc1ccccc1. The van der Waals surface area contributed by atoms with Crippen molar-refractivity contribution in [2.24, 2.45) is 5.41 Å². The third-order valence-corrected chi connectivity index (χ3v) is 4.41. The number of aliphatic carboxylic acids is 1. The highest BCUT2D eigenvalue weighted by molar-refractivity contribution is 7.99. The molecule has 6 heteroatoms. The van der Waals surface area contributed by atoms with Crippen molar-refractivity contribution in [3.8, 4) is 0 Å². The van der Waals surface area contributed by atoms with Crippen LogP contribution in [0.5, 0.6) is 0 Å². The van der Waals surface area contributed by atoms with E-state index < -0.39 is 29.1 Å². The Morgan fingerprint density at radius 1 is 1.15 bits per heavy atom. The maximum atomic E-state index is 12.2. The summed E-state index contributed by atoms with van der Waals surface area (Å²) in [6, 6.07) is 9.28. The number of ether oxygens (including phenoxy) is 1. The number of carboxylic acid groups (broad SMARTS) is 1. The molecule has 0 radical (unpaired) electrons. The number of benzene rings is 1. The molecule has 0 saturated heterocycles. The lowest BCUT2D eigenvalue weighted by molar-refractivity contribution is -0.133. The summed E-state index contributed by atoms with van der Waals surface area (Å²) in [6.45, 7) is 10.9. The van der Waals surface area contributed by atoms with Gasteiger partial charge in [0.2, 0.25) is 0 Å². The van der Waals surface area contributed by atoms with Gasteiger partial charge < -0.3 is 15.2 Å². The first kappa shape index (κ1) is 22.1. The van der Waals surface area contributed by atoms with Crippen molar-refractivity contribution < 1.29 is 19.4 Å². The van der Waals surface area contributed by atoms with E-state index in [4.69, 9.17) is 4.74 Å². The number of nitrogens with one attached hydrogen (secondary N) is 1. The Balaban J connectivity index is 2.99. The van der Waals surface area contributed by atoms with Gasteiger partial charge in [-0.1, -0.05) is 45.0 Å². The molecule has 1 aromatic rings. The van der Waals surface area contributed by atoms with E-state index in [-0.39, 0.29) is 5.57 Å². The van der Waals surface area contributed by atoms with Gasteiger partial charge in [-0.15, -0.1) is 11.8 Å². The molecular weight excluding hydrogens is 350 g/mol. The Morgan fingerprint density at radius 2 is 1.73 bits per heavy atom. The molecule has 1 amide bonds. The number of hydrogen-bond donors (Lipinski definition) is 2. The van der Waals surface area contributed by atoms with Gasteiger partial charge in [0.15, 0.2) is 0 Å². The van der Waals surface area contributed by atoms with Gasteiger partial charge in [-0.25, -0.2) is 9.59 Å². The summed E-state index contributed by atoms with van der Waals surface area (Å²) in [5.41, 5.74) is -0.908. The van der Waals surface area contributed by atoms with Crippen LogP contribution in [0.3, 0.4) is 0 Å². The summed E-state index contributed by atoms with van der Waals surface area (Å²) < 4.78 is 5.31. The van der Waals surface area contributed by atoms with E-state index in [0.29, 0.717) is 5.75 Å². The number of rotatable bonds is 6. The second kappa shape index (κ2) is 9.12. The molecule has 0 bridgehead atoms. The van der Waals surface area contributed by atoms with Gasteiger partial charge in [0.05, 0.1) is 6.04 Å². The predicted octanol–water partition coefficient (Wildman–Crippen LogP) is 4.73. The Morgan fingerprint density at radius 3 is 2.19 bits per heavy atom. The molecule has 0 unspecified atom stereocenters. The van der Waals surface area contributed by atoms with Crippen LogP contribution in [0.4, 0.5) is 4.79 Å². The van der Waals surface area contributed by atoms with Crippen LogP contribution in [0, 0.1) is 5.41 Å². The van der Waals surface area contributed by atoms with Gasteiger partial charge in [-0.3, -0.25) is 0 Å². The lowest BCUT2D eigenvalue weighted by atomic mass is 9.85. The van der Waals surface area contributed by atoms with E-state index in [0.717, 1.165) is 4.90 Å². The molecule has 0 aliphatic heterocycles. The molecule has 0 aliphatic carbocycles. The summed E-state index contributed by atoms with van der Waals surface area (Å²) in [5, 5.41) is 12.3. The van der Waals surface area contributed by atoms with Gasteiger partial charge in [-0.2, -0.15) is 0 Å². The van der Waals surface area contributed by atoms with E-state index in [2.05, 4.69) is 5.32 Å². The van der Waals surface area contributed by atoms with Crippen molar-refractivity contribution in [1.29, 1.82) is 0 Å². The molecule has 1 rings (SSSR count). The van der Waals surface area contributed by atoms with Crippen molar-refractivity contribution >= 4 is 23.8 Å². The Kier molecular flexibility index (Phi) is 7.75. The second-order valence-electron chi connectivity index (χ2n) is 8.01.